The molecule has 2 atom stereocenters. The Morgan fingerprint density at radius 2 is 2.16 bits per heavy atom. The highest BCUT2D eigenvalue weighted by Gasteiger charge is 2.21. The van der Waals surface area contributed by atoms with Crippen LogP contribution in [0.3, 0.4) is 0 Å². The first-order valence-corrected chi connectivity index (χ1v) is 5.54. The first-order chi connectivity index (χ1) is 9.21. The summed E-state index contributed by atoms with van der Waals surface area (Å²) in [5, 5.41) is 16.6. The Bertz CT molecular complexity index is 598. The summed E-state index contributed by atoms with van der Waals surface area (Å²) in [6.07, 6.45) is 2.58. The first-order valence-electron chi connectivity index (χ1n) is 5.54. The van der Waals surface area contributed by atoms with Crippen molar-refractivity contribution in [2.75, 3.05) is 12.3 Å². The van der Waals surface area contributed by atoms with Crippen LogP contribution in [0.15, 0.2) is 6.33 Å². The molecule has 9 heteroatoms. The average Bonchev–Trinajstić information content (AvgIpc) is 2.86. The molecule has 2 heterocycles. The monoisotopic (exact) mass is 264 g/mol. The average molecular weight is 264 g/mol. The summed E-state index contributed by atoms with van der Waals surface area (Å²) in [5.74, 6) is -0.483. The van der Waals surface area contributed by atoms with Crippen LogP contribution in [0.2, 0.25) is 0 Å². The lowest BCUT2D eigenvalue weighted by atomic mass is 10.0. The quantitative estimate of drug-likeness (QED) is 0.617. The molecule has 0 radical (unpaired) electrons. The number of carbonyl (C=O) groups excluding carboxylic acids is 2. The Morgan fingerprint density at radius 3 is 2.79 bits per heavy atom. The maximum atomic E-state index is 11.1. The molecule has 19 heavy (non-hydrogen) atoms. The lowest BCUT2D eigenvalue weighted by Crippen LogP contribution is -2.19. The van der Waals surface area contributed by atoms with Crippen LogP contribution in [-0.4, -0.2) is 49.2 Å². The number of nitrogen functional groups attached to an aromatic ring is 1. The van der Waals surface area contributed by atoms with E-state index in [0.29, 0.717) is 23.7 Å². The molecule has 0 aliphatic heterocycles. The highest BCUT2D eigenvalue weighted by molar-refractivity contribution is 5.81. The standard InChI is InChI=1S/C10H12N6O3/c11-9-8-10(13-5-12-9)16(15-14-8)7(4-19)1-6(2-17)3-18/h2,4-7,18H,1,3H2,(H2,11,12,13). The molecule has 0 aliphatic rings. The van der Waals surface area contributed by atoms with E-state index in [4.69, 9.17) is 10.8 Å². The van der Waals surface area contributed by atoms with Gasteiger partial charge in [0, 0.05) is 5.92 Å². The first kappa shape index (κ1) is 13.0. The van der Waals surface area contributed by atoms with Crippen molar-refractivity contribution < 1.29 is 14.7 Å². The van der Waals surface area contributed by atoms with Crippen LogP contribution in [0.5, 0.6) is 0 Å². The number of aromatic nitrogens is 5. The molecule has 0 aliphatic carbocycles. The fourth-order valence-electron chi connectivity index (χ4n) is 1.70. The van der Waals surface area contributed by atoms with Crippen LogP contribution in [-0.2, 0) is 9.59 Å². The summed E-state index contributed by atoms with van der Waals surface area (Å²) in [6.45, 7) is -0.336. The van der Waals surface area contributed by atoms with E-state index in [1.165, 1.54) is 11.0 Å². The van der Waals surface area contributed by atoms with Crippen LogP contribution in [0.1, 0.15) is 12.5 Å². The summed E-state index contributed by atoms with van der Waals surface area (Å²) in [6, 6.07) is -0.748. The van der Waals surface area contributed by atoms with Crippen molar-refractivity contribution in [3.8, 4) is 0 Å². The van der Waals surface area contributed by atoms with Crippen molar-refractivity contribution in [2.45, 2.75) is 12.5 Å². The minimum Gasteiger partial charge on any atom is -0.396 e. The molecule has 0 saturated carbocycles. The molecule has 3 N–H and O–H groups in total. The Hall–Kier alpha value is -2.42. The number of rotatable bonds is 6. The fourth-order valence-corrected chi connectivity index (χ4v) is 1.70. The third-order valence-corrected chi connectivity index (χ3v) is 2.73. The van der Waals surface area contributed by atoms with Crippen molar-refractivity contribution in [1.29, 1.82) is 0 Å². The molecule has 0 fully saturated rings. The highest BCUT2D eigenvalue weighted by atomic mass is 16.3. The van der Waals surface area contributed by atoms with Gasteiger partial charge in [0.15, 0.2) is 17.0 Å². The molecule has 2 unspecified atom stereocenters. The number of nitrogens with zero attached hydrogens (tertiary/aromatic N) is 5. The maximum absolute atomic E-state index is 11.1. The molecule has 0 amide bonds. The van der Waals surface area contributed by atoms with Crippen molar-refractivity contribution in [1.82, 2.24) is 25.0 Å². The van der Waals surface area contributed by atoms with Crippen molar-refractivity contribution in [2.24, 2.45) is 5.92 Å². The molecule has 0 bridgehead atoms. The van der Waals surface area contributed by atoms with Gasteiger partial charge in [-0.2, -0.15) is 0 Å². The summed E-state index contributed by atoms with van der Waals surface area (Å²) in [7, 11) is 0. The van der Waals surface area contributed by atoms with E-state index in [-0.39, 0.29) is 18.8 Å². The van der Waals surface area contributed by atoms with E-state index < -0.39 is 12.0 Å². The summed E-state index contributed by atoms with van der Waals surface area (Å²) < 4.78 is 1.27. The van der Waals surface area contributed by atoms with E-state index in [0.717, 1.165) is 0 Å². The zero-order valence-corrected chi connectivity index (χ0v) is 9.88. The van der Waals surface area contributed by atoms with Gasteiger partial charge in [0.25, 0.3) is 0 Å². The zero-order valence-electron chi connectivity index (χ0n) is 9.88. The van der Waals surface area contributed by atoms with Crippen LogP contribution in [0.25, 0.3) is 11.2 Å². The number of aldehydes is 2. The van der Waals surface area contributed by atoms with Crippen molar-refractivity contribution in [3.05, 3.63) is 6.33 Å². The summed E-state index contributed by atoms with van der Waals surface area (Å²) in [5.41, 5.74) is 6.22. The number of hydrogen-bond acceptors (Lipinski definition) is 8. The van der Waals surface area contributed by atoms with Gasteiger partial charge in [-0.05, 0) is 6.42 Å². The number of hydrogen-bond donors (Lipinski definition) is 2. The van der Waals surface area contributed by atoms with Gasteiger partial charge in [-0.1, -0.05) is 5.21 Å². The van der Waals surface area contributed by atoms with Gasteiger partial charge in [-0.25, -0.2) is 14.6 Å². The van der Waals surface area contributed by atoms with Crippen molar-refractivity contribution >= 4 is 29.6 Å². The lowest BCUT2D eigenvalue weighted by Gasteiger charge is -2.13. The highest BCUT2D eigenvalue weighted by Crippen LogP contribution is 2.20. The normalized spacial score (nSPS) is 14.2. The van der Waals surface area contributed by atoms with Crippen LogP contribution in [0.4, 0.5) is 5.82 Å². The van der Waals surface area contributed by atoms with E-state index in [9.17, 15) is 9.59 Å². The van der Waals surface area contributed by atoms with E-state index in [1.54, 1.807) is 0 Å². The van der Waals surface area contributed by atoms with Gasteiger partial charge in [0.2, 0.25) is 0 Å². The smallest absolute Gasteiger partial charge is 0.184 e. The van der Waals surface area contributed by atoms with E-state index in [2.05, 4.69) is 20.3 Å². The Morgan fingerprint density at radius 1 is 1.37 bits per heavy atom. The predicted molar refractivity (Wildman–Crippen MR) is 63.9 cm³/mol. The Kier molecular flexibility index (Phi) is 3.76. The number of anilines is 1. The molecule has 100 valence electrons. The molecule has 0 aromatic carbocycles. The summed E-state index contributed by atoms with van der Waals surface area (Å²) in [4.78, 5) is 29.6. The molecule has 0 saturated heterocycles. The molecule has 0 spiro atoms. The third-order valence-electron chi connectivity index (χ3n) is 2.73. The largest absolute Gasteiger partial charge is 0.396 e. The SMILES string of the molecule is Nc1ncnc2c1nnn2C(C=O)CC(C=O)CO. The second-order valence-electron chi connectivity index (χ2n) is 3.98. The molecule has 2 aromatic heterocycles. The van der Waals surface area contributed by atoms with Gasteiger partial charge in [0.1, 0.15) is 24.9 Å². The molecular weight excluding hydrogens is 252 g/mol. The molecule has 9 nitrogen and oxygen atoms in total. The van der Waals surface area contributed by atoms with Crippen molar-refractivity contribution in [3.63, 3.8) is 0 Å². The second kappa shape index (κ2) is 5.48. The Balaban J connectivity index is 2.38. The van der Waals surface area contributed by atoms with E-state index >= 15 is 0 Å². The number of fused-ring (bicyclic) bond motifs is 1. The summed E-state index contributed by atoms with van der Waals surface area (Å²) >= 11 is 0. The lowest BCUT2D eigenvalue weighted by molar-refractivity contribution is -0.114. The van der Waals surface area contributed by atoms with Gasteiger partial charge < -0.3 is 20.4 Å². The number of aliphatic hydroxyl groups excluding tert-OH is 1. The van der Waals surface area contributed by atoms with Gasteiger partial charge in [-0.15, -0.1) is 5.10 Å². The minimum absolute atomic E-state index is 0.117. The number of carbonyl (C=O) groups is 2. The van der Waals surface area contributed by atoms with Gasteiger partial charge in [0.05, 0.1) is 6.61 Å². The molecule has 2 rings (SSSR count). The van der Waals surface area contributed by atoms with E-state index in [1.807, 2.05) is 0 Å². The zero-order chi connectivity index (χ0) is 13.8. The van der Waals surface area contributed by atoms with Crippen LogP contribution < -0.4 is 5.73 Å². The topological polar surface area (TPSA) is 137 Å². The Labute approximate surface area is 107 Å². The second-order valence-corrected chi connectivity index (χ2v) is 3.98. The maximum Gasteiger partial charge on any atom is 0.184 e. The predicted octanol–water partition coefficient (Wildman–Crippen LogP) is -1.26. The number of aliphatic hydroxyl groups is 1. The molecular formula is C10H12N6O3. The third kappa shape index (κ3) is 2.40. The van der Waals surface area contributed by atoms with Gasteiger partial charge >= 0.3 is 0 Å². The molecule has 2 aromatic rings. The number of nitrogens with two attached hydrogens (primary N) is 1. The fraction of sp³-hybridized carbons (Fsp3) is 0.400. The minimum atomic E-state index is -0.748. The van der Waals surface area contributed by atoms with Crippen LogP contribution in [0, 0.1) is 5.92 Å². The van der Waals surface area contributed by atoms with Crippen LogP contribution >= 0.6 is 0 Å². The van der Waals surface area contributed by atoms with Gasteiger partial charge in [-0.3, -0.25) is 0 Å².